The molecule has 4 rings (SSSR count). The number of rotatable bonds is 11. The molecule has 3 aromatic rings. The Bertz CT molecular complexity index is 1280. The van der Waals surface area contributed by atoms with Crippen LogP contribution in [-0.2, 0) is 16.7 Å². The molecule has 0 radical (unpaired) electrons. The number of halogens is 1. The van der Waals surface area contributed by atoms with Crippen LogP contribution in [0.2, 0.25) is 0 Å². The summed E-state index contributed by atoms with van der Waals surface area (Å²) < 4.78 is 52.9. The number of pyridine rings is 1. The normalized spacial score (nSPS) is 14.7. The van der Waals surface area contributed by atoms with Gasteiger partial charge >= 0.3 is 10.1 Å². The van der Waals surface area contributed by atoms with Crippen molar-refractivity contribution in [1.82, 2.24) is 9.88 Å². The van der Waals surface area contributed by atoms with Crippen LogP contribution in [-0.4, -0.2) is 56.9 Å². The van der Waals surface area contributed by atoms with Gasteiger partial charge in [-0.25, -0.2) is 9.37 Å². The van der Waals surface area contributed by atoms with Crippen LogP contribution in [0.5, 0.6) is 17.2 Å². The zero-order valence-electron chi connectivity index (χ0n) is 21.9. The highest BCUT2D eigenvalue weighted by Crippen LogP contribution is 2.40. The fraction of sp³-hybridized carbons (Fsp3) is 0.393. The summed E-state index contributed by atoms with van der Waals surface area (Å²) in [4.78, 5) is 6.67. The highest BCUT2D eigenvalue weighted by atomic mass is 32.2. The standard InChI is InChI=1S/C28H34FN3O5S/c1-4-35-25-16-20(17-26(36-5-2)28(25)21-6-8-22(29)9-7-21)19-32-14-12-23(13-15-32)31-27-11-10-24(18-30-27)37-38(3,33)34/h6-11,16-18,23H,4-5,12-15,19H2,1-3H3,(H,30,31). The number of piperidine rings is 1. The van der Waals surface area contributed by atoms with E-state index in [9.17, 15) is 12.8 Å². The van der Waals surface area contributed by atoms with Crippen molar-refractivity contribution < 1.29 is 26.5 Å². The third kappa shape index (κ3) is 7.58. The van der Waals surface area contributed by atoms with Gasteiger partial charge in [-0.2, -0.15) is 8.42 Å². The molecule has 0 spiro atoms. The number of benzene rings is 2. The summed E-state index contributed by atoms with van der Waals surface area (Å²) in [6, 6.07) is 14.1. The second-order valence-corrected chi connectivity index (χ2v) is 10.8. The largest absolute Gasteiger partial charge is 0.493 e. The molecule has 204 valence electrons. The molecule has 0 unspecified atom stereocenters. The Kier molecular flexibility index (Phi) is 9.06. The molecule has 1 fully saturated rings. The lowest BCUT2D eigenvalue weighted by Crippen LogP contribution is -2.38. The number of hydrogen-bond acceptors (Lipinski definition) is 8. The molecule has 0 amide bonds. The molecule has 1 aromatic heterocycles. The fourth-order valence-corrected chi connectivity index (χ4v) is 5.02. The molecule has 38 heavy (non-hydrogen) atoms. The minimum absolute atomic E-state index is 0.191. The van der Waals surface area contributed by atoms with Crippen molar-refractivity contribution in [1.29, 1.82) is 0 Å². The van der Waals surface area contributed by atoms with Gasteiger partial charge in [-0.1, -0.05) is 12.1 Å². The molecule has 2 heterocycles. The van der Waals surface area contributed by atoms with Gasteiger partial charge in [-0.15, -0.1) is 0 Å². The molecule has 0 atom stereocenters. The second kappa shape index (κ2) is 12.4. The molecule has 1 saturated heterocycles. The molecule has 0 bridgehead atoms. The van der Waals surface area contributed by atoms with E-state index in [1.165, 1.54) is 18.3 Å². The lowest BCUT2D eigenvalue weighted by Gasteiger charge is -2.33. The Balaban J connectivity index is 1.41. The van der Waals surface area contributed by atoms with Gasteiger partial charge in [0.15, 0.2) is 5.75 Å². The number of aromatic nitrogens is 1. The van der Waals surface area contributed by atoms with Gasteiger partial charge in [0.2, 0.25) is 0 Å². The SMILES string of the molecule is CCOc1cc(CN2CCC(Nc3ccc(OS(C)(=O)=O)cn3)CC2)cc(OCC)c1-c1ccc(F)cc1. The van der Waals surface area contributed by atoms with Gasteiger partial charge in [0.1, 0.15) is 23.1 Å². The highest BCUT2D eigenvalue weighted by molar-refractivity contribution is 7.86. The van der Waals surface area contributed by atoms with Crippen molar-refractivity contribution in [3.05, 3.63) is 66.1 Å². The first-order valence-electron chi connectivity index (χ1n) is 12.8. The third-order valence-corrected chi connectivity index (χ3v) is 6.68. The predicted octanol–water partition coefficient (Wildman–Crippen LogP) is 5.10. The van der Waals surface area contributed by atoms with Crippen LogP contribution in [0.15, 0.2) is 54.7 Å². The molecular formula is C28H34FN3O5S. The Morgan fingerprint density at radius 3 is 2.16 bits per heavy atom. The Hall–Kier alpha value is -3.37. The van der Waals surface area contributed by atoms with E-state index in [4.69, 9.17) is 13.7 Å². The van der Waals surface area contributed by atoms with Crippen molar-refractivity contribution >= 4 is 15.9 Å². The van der Waals surface area contributed by atoms with Crippen molar-refractivity contribution in [3.8, 4) is 28.4 Å². The van der Waals surface area contributed by atoms with E-state index >= 15 is 0 Å². The molecule has 8 nitrogen and oxygen atoms in total. The van der Waals surface area contributed by atoms with Crippen LogP contribution in [0, 0.1) is 5.82 Å². The average Bonchev–Trinajstić information content (AvgIpc) is 2.87. The van der Waals surface area contributed by atoms with Crippen molar-refractivity contribution in [2.75, 3.05) is 37.9 Å². The molecule has 0 aliphatic carbocycles. The van der Waals surface area contributed by atoms with E-state index in [-0.39, 0.29) is 17.6 Å². The van der Waals surface area contributed by atoms with Crippen LogP contribution in [0.25, 0.3) is 11.1 Å². The lowest BCUT2D eigenvalue weighted by atomic mass is 9.99. The first-order chi connectivity index (χ1) is 18.2. The van der Waals surface area contributed by atoms with Crippen LogP contribution >= 0.6 is 0 Å². The van der Waals surface area contributed by atoms with Crippen molar-refractivity contribution in [3.63, 3.8) is 0 Å². The summed E-state index contributed by atoms with van der Waals surface area (Å²) in [7, 11) is -3.58. The maximum absolute atomic E-state index is 13.5. The minimum Gasteiger partial charge on any atom is -0.493 e. The first-order valence-corrected chi connectivity index (χ1v) is 14.6. The summed E-state index contributed by atoms with van der Waals surface area (Å²) in [6.07, 6.45) is 4.28. The number of anilines is 1. The monoisotopic (exact) mass is 543 g/mol. The van der Waals surface area contributed by atoms with Crippen LogP contribution < -0.4 is 19.0 Å². The number of ether oxygens (including phenoxy) is 2. The Morgan fingerprint density at radius 2 is 1.63 bits per heavy atom. The number of nitrogens with zero attached hydrogens (tertiary/aromatic N) is 2. The smallest absolute Gasteiger partial charge is 0.306 e. The Morgan fingerprint density at radius 1 is 1.00 bits per heavy atom. The van der Waals surface area contributed by atoms with Gasteiger partial charge in [0, 0.05) is 25.7 Å². The van der Waals surface area contributed by atoms with Crippen molar-refractivity contribution in [2.45, 2.75) is 39.3 Å². The van der Waals surface area contributed by atoms with E-state index in [2.05, 4.69) is 27.3 Å². The summed E-state index contributed by atoms with van der Waals surface area (Å²) >= 11 is 0. The van der Waals surface area contributed by atoms with Gasteiger partial charge in [-0.3, -0.25) is 4.90 Å². The second-order valence-electron chi connectivity index (χ2n) is 9.20. The maximum atomic E-state index is 13.5. The molecule has 1 aliphatic heterocycles. The molecule has 0 saturated carbocycles. The van der Waals surface area contributed by atoms with E-state index in [1.807, 2.05) is 13.8 Å². The van der Waals surface area contributed by atoms with E-state index < -0.39 is 10.1 Å². The lowest BCUT2D eigenvalue weighted by molar-refractivity contribution is 0.210. The topological polar surface area (TPSA) is 90.0 Å². The van der Waals surface area contributed by atoms with E-state index in [1.54, 1.807) is 24.3 Å². The summed E-state index contributed by atoms with van der Waals surface area (Å²) in [5.74, 6) is 2.05. The summed E-state index contributed by atoms with van der Waals surface area (Å²) in [5, 5.41) is 3.43. The molecule has 2 aromatic carbocycles. The zero-order valence-corrected chi connectivity index (χ0v) is 22.8. The molecular weight excluding hydrogens is 509 g/mol. The number of likely N-dealkylation sites (tertiary alicyclic amines) is 1. The van der Waals surface area contributed by atoms with E-state index in [0.29, 0.717) is 19.0 Å². The summed E-state index contributed by atoms with van der Waals surface area (Å²) in [5.41, 5.74) is 2.78. The van der Waals surface area contributed by atoms with Crippen molar-refractivity contribution in [2.24, 2.45) is 0 Å². The number of nitrogens with one attached hydrogen (secondary N) is 1. The van der Waals surface area contributed by atoms with Crippen LogP contribution in [0.1, 0.15) is 32.3 Å². The summed E-state index contributed by atoms with van der Waals surface area (Å²) in [6.45, 7) is 7.47. The number of hydrogen-bond donors (Lipinski definition) is 1. The van der Waals surface area contributed by atoms with Gasteiger partial charge in [0.05, 0.1) is 31.2 Å². The quantitative estimate of drug-likeness (QED) is 0.334. The fourth-order valence-electron chi connectivity index (χ4n) is 4.57. The highest BCUT2D eigenvalue weighted by Gasteiger charge is 2.22. The molecule has 1 N–H and O–H groups in total. The maximum Gasteiger partial charge on any atom is 0.306 e. The molecule has 1 aliphatic rings. The Labute approximate surface area is 223 Å². The third-order valence-electron chi connectivity index (χ3n) is 6.19. The van der Waals surface area contributed by atoms with Gasteiger partial charge in [0.25, 0.3) is 0 Å². The van der Waals surface area contributed by atoms with Gasteiger partial charge in [-0.05, 0) is 74.2 Å². The average molecular weight is 544 g/mol. The molecule has 10 heteroatoms. The predicted molar refractivity (Wildman–Crippen MR) is 146 cm³/mol. The van der Waals surface area contributed by atoms with Crippen LogP contribution in [0.3, 0.4) is 0 Å². The van der Waals surface area contributed by atoms with Gasteiger partial charge < -0.3 is 19.0 Å². The van der Waals surface area contributed by atoms with E-state index in [0.717, 1.165) is 66.9 Å². The minimum atomic E-state index is -3.58. The zero-order chi connectivity index (χ0) is 27.1. The first kappa shape index (κ1) is 27.7. The van der Waals surface area contributed by atoms with Crippen LogP contribution in [0.4, 0.5) is 10.2 Å².